The maximum absolute atomic E-state index is 11.0. The van der Waals surface area contributed by atoms with Gasteiger partial charge in [0.15, 0.2) is 0 Å². The van der Waals surface area contributed by atoms with Crippen molar-refractivity contribution in [2.24, 2.45) is 17.6 Å². The zero-order valence-corrected chi connectivity index (χ0v) is 8.32. The second-order valence-electron chi connectivity index (χ2n) is 3.54. The summed E-state index contributed by atoms with van der Waals surface area (Å²) in [5.41, 5.74) is 5.61. The molecule has 1 heterocycles. The Morgan fingerprint density at radius 3 is 2.69 bits per heavy atom. The van der Waals surface area contributed by atoms with Crippen LogP contribution in [0.15, 0.2) is 0 Å². The molecule has 76 valence electrons. The molecular weight excluding hydrogens is 168 g/mol. The number of carbonyl (C=O) groups is 1. The second kappa shape index (κ2) is 4.46. The standard InChI is InChI=1S/C9H18N2O2/c1-3-7(4-10)8-5-11(6-8)9(12)13-2/h7-8H,3-6,10H2,1-2H3. The van der Waals surface area contributed by atoms with Crippen molar-refractivity contribution in [2.75, 3.05) is 26.7 Å². The van der Waals surface area contributed by atoms with Crippen molar-refractivity contribution in [3.8, 4) is 0 Å². The smallest absolute Gasteiger partial charge is 0.409 e. The number of hydrogen-bond acceptors (Lipinski definition) is 3. The maximum Gasteiger partial charge on any atom is 0.409 e. The molecule has 1 atom stereocenters. The minimum atomic E-state index is -0.219. The fourth-order valence-corrected chi connectivity index (χ4v) is 1.78. The van der Waals surface area contributed by atoms with Crippen molar-refractivity contribution in [3.05, 3.63) is 0 Å². The molecule has 0 spiro atoms. The minimum absolute atomic E-state index is 0.219. The number of nitrogens with two attached hydrogens (primary N) is 1. The van der Waals surface area contributed by atoms with Crippen molar-refractivity contribution in [1.29, 1.82) is 0 Å². The van der Waals surface area contributed by atoms with E-state index < -0.39 is 0 Å². The summed E-state index contributed by atoms with van der Waals surface area (Å²) in [5, 5.41) is 0. The number of methoxy groups -OCH3 is 1. The van der Waals surface area contributed by atoms with E-state index >= 15 is 0 Å². The van der Waals surface area contributed by atoms with E-state index in [1.54, 1.807) is 4.90 Å². The van der Waals surface area contributed by atoms with E-state index in [1.807, 2.05) is 0 Å². The lowest BCUT2D eigenvalue weighted by molar-refractivity contribution is 0.0449. The Labute approximate surface area is 79.0 Å². The summed E-state index contributed by atoms with van der Waals surface area (Å²) in [4.78, 5) is 12.7. The van der Waals surface area contributed by atoms with Gasteiger partial charge in [-0.1, -0.05) is 13.3 Å². The molecular formula is C9H18N2O2. The normalized spacial score (nSPS) is 19.5. The van der Waals surface area contributed by atoms with Gasteiger partial charge in [-0.3, -0.25) is 0 Å². The fourth-order valence-electron chi connectivity index (χ4n) is 1.78. The highest BCUT2D eigenvalue weighted by Gasteiger charge is 2.35. The van der Waals surface area contributed by atoms with Crippen molar-refractivity contribution in [3.63, 3.8) is 0 Å². The van der Waals surface area contributed by atoms with Crippen molar-refractivity contribution >= 4 is 6.09 Å². The van der Waals surface area contributed by atoms with Crippen LogP contribution < -0.4 is 5.73 Å². The highest BCUT2D eigenvalue weighted by Crippen LogP contribution is 2.25. The summed E-state index contributed by atoms with van der Waals surface area (Å²) in [6, 6.07) is 0. The number of hydrogen-bond donors (Lipinski definition) is 1. The van der Waals surface area contributed by atoms with Crippen molar-refractivity contribution in [2.45, 2.75) is 13.3 Å². The molecule has 0 bridgehead atoms. The lowest BCUT2D eigenvalue weighted by atomic mass is 9.84. The predicted molar refractivity (Wildman–Crippen MR) is 50.3 cm³/mol. The highest BCUT2D eigenvalue weighted by molar-refractivity contribution is 5.68. The van der Waals surface area contributed by atoms with Crippen LogP contribution in [0.25, 0.3) is 0 Å². The van der Waals surface area contributed by atoms with Gasteiger partial charge >= 0.3 is 6.09 Å². The van der Waals surface area contributed by atoms with Gasteiger partial charge in [-0.15, -0.1) is 0 Å². The van der Waals surface area contributed by atoms with Gasteiger partial charge in [0, 0.05) is 13.1 Å². The third-order valence-electron chi connectivity index (χ3n) is 2.84. The van der Waals surface area contributed by atoms with Crippen LogP contribution in [0.1, 0.15) is 13.3 Å². The number of rotatable bonds is 3. The summed E-state index contributed by atoms with van der Waals surface area (Å²) >= 11 is 0. The van der Waals surface area contributed by atoms with Gasteiger partial charge in [0.05, 0.1) is 7.11 Å². The molecule has 1 amide bonds. The van der Waals surface area contributed by atoms with Gasteiger partial charge in [-0.2, -0.15) is 0 Å². The van der Waals surface area contributed by atoms with Crippen LogP contribution in [0.2, 0.25) is 0 Å². The molecule has 0 saturated carbocycles. The van der Waals surface area contributed by atoms with Gasteiger partial charge < -0.3 is 15.4 Å². The van der Waals surface area contributed by atoms with Crippen LogP contribution in [0.5, 0.6) is 0 Å². The molecule has 4 heteroatoms. The molecule has 1 fully saturated rings. The fraction of sp³-hybridized carbons (Fsp3) is 0.889. The quantitative estimate of drug-likeness (QED) is 0.704. The summed E-state index contributed by atoms with van der Waals surface area (Å²) in [6.07, 6.45) is 0.874. The summed E-state index contributed by atoms with van der Waals surface area (Å²) in [5.74, 6) is 1.13. The lowest BCUT2D eigenvalue weighted by Crippen LogP contribution is -2.53. The van der Waals surface area contributed by atoms with E-state index in [0.717, 1.165) is 26.1 Å². The van der Waals surface area contributed by atoms with Gasteiger partial charge in [-0.05, 0) is 18.4 Å². The average Bonchev–Trinajstić information content (AvgIpc) is 2.09. The molecule has 1 saturated heterocycles. The summed E-state index contributed by atoms with van der Waals surface area (Å²) in [6.45, 7) is 4.47. The van der Waals surface area contributed by atoms with Crippen LogP contribution in [-0.2, 0) is 4.74 Å². The molecule has 1 unspecified atom stereocenters. The first kappa shape index (κ1) is 10.3. The monoisotopic (exact) mass is 186 g/mol. The third-order valence-corrected chi connectivity index (χ3v) is 2.84. The Morgan fingerprint density at radius 1 is 1.69 bits per heavy atom. The van der Waals surface area contributed by atoms with Crippen molar-refractivity contribution in [1.82, 2.24) is 4.90 Å². The Bertz CT molecular complexity index is 174. The molecule has 4 nitrogen and oxygen atoms in total. The van der Waals surface area contributed by atoms with Gasteiger partial charge in [0.25, 0.3) is 0 Å². The van der Waals surface area contributed by atoms with Crippen LogP contribution in [0.4, 0.5) is 4.79 Å². The van der Waals surface area contributed by atoms with Gasteiger partial charge in [0.1, 0.15) is 0 Å². The first-order valence-corrected chi connectivity index (χ1v) is 4.75. The third kappa shape index (κ3) is 2.12. The zero-order chi connectivity index (χ0) is 9.84. The first-order chi connectivity index (χ1) is 6.22. The molecule has 0 aromatic carbocycles. The average molecular weight is 186 g/mol. The summed E-state index contributed by atoms with van der Waals surface area (Å²) < 4.78 is 4.61. The molecule has 0 aromatic heterocycles. The molecule has 0 aromatic rings. The topological polar surface area (TPSA) is 55.6 Å². The number of likely N-dealkylation sites (tertiary alicyclic amines) is 1. The largest absolute Gasteiger partial charge is 0.453 e. The van der Waals surface area contributed by atoms with Crippen LogP contribution in [0, 0.1) is 11.8 Å². The molecule has 0 aliphatic carbocycles. The SMILES string of the molecule is CCC(CN)C1CN(C(=O)OC)C1. The van der Waals surface area contributed by atoms with E-state index in [4.69, 9.17) is 5.73 Å². The Balaban J connectivity index is 2.28. The van der Waals surface area contributed by atoms with E-state index in [1.165, 1.54) is 7.11 Å². The predicted octanol–water partition coefficient (Wildman–Crippen LogP) is 0.669. The Hall–Kier alpha value is -0.770. The molecule has 1 aliphatic rings. The highest BCUT2D eigenvalue weighted by atomic mass is 16.5. The second-order valence-corrected chi connectivity index (χ2v) is 3.54. The molecule has 2 N–H and O–H groups in total. The van der Waals surface area contributed by atoms with E-state index in [9.17, 15) is 4.79 Å². The van der Waals surface area contributed by atoms with Crippen LogP contribution in [-0.4, -0.2) is 37.7 Å². The van der Waals surface area contributed by atoms with Gasteiger partial charge in [0.2, 0.25) is 0 Å². The Kier molecular flexibility index (Phi) is 3.54. The maximum atomic E-state index is 11.0. The summed E-state index contributed by atoms with van der Waals surface area (Å²) in [7, 11) is 1.41. The van der Waals surface area contributed by atoms with Crippen LogP contribution >= 0.6 is 0 Å². The van der Waals surface area contributed by atoms with Crippen LogP contribution in [0.3, 0.4) is 0 Å². The van der Waals surface area contributed by atoms with Crippen molar-refractivity contribution < 1.29 is 9.53 Å². The number of amides is 1. The minimum Gasteiger partial charge on any atom is -0.453 e. The van der Waals surface area contributed by atoms with E-state index in [0.29, 0.717) is 11.8 Å². The van der Waals surface area contributed by atoms with E-state index in [2.05, 4.69) is 11.7 Å². The first-order valence-electron chi connectivity index (χ1n) is 4.75. The van der Waals surface area contributed by atoms with Gasteiger partial charge in [-0.25, -0.2) is 4.79 Å². The number of ether oxygens (including phenoxy) is 1. The lowest BCUT2D eigenvalue weighted by Gasteiger charge is -2.41. The molecule has 0 radical (unpaired) electrons. The molecule has 13 heavy (non-hydrogen) atoms. The zero-order valence-electron chi connectivity index (χ0n) is 8.32. The molecule has 1 rings (SSSR count). The number of nitrogens with zero attached hydrogens (tertiary/aromatic N) is 1. The van der Waals surface area contributed by atoms with E-state index in [-0.39, 0.29) is 6.09 Å². The molecule has 1 aliphatic heterocycles. The Morgan fingerprint density at radius 2 is 2.31 bits per heavy atom. The number of carbonyl (C=O) groups excluding carboxylic acids is 1.